The third kappa shape index (κ3) is 2.80. The van der Waals surface area contributed by atoms with Gasteiger partial charge >= 0.3 is 29.6 Å². The minimum Gasteiger partial charge on any atom is -0.768 e. The monoisotopic (exact) mass is 261 g/mol. The smallest absolute Gasteiger partial charge is 0.768 e. The van der Waals surface area contributed by atoms with Crippen LogP contribution in [-0.4, -0.2) is 20.7 Å². The second-order valence-corrected chi connectivity index (χ2v) is 4.91. The summed E-state index contributed by atoms with van der Waals surface area (Å²) in [6, 6.07) is 4.96. The average Bonchev–Trinajstić information content (AvgIpc) is 2.51. The van der Waals surface area contributed by atoms with E-state index in [0.29, 0.717) is 6.42 Å². The summed E-state index contributed by atoms with van der Waals surface area (Å²) in [5.74, 6) is -0.0118. The van der Waals surface area contributed by atoms with Crippen LogP contribution in [0.3, 0.4) is 0 Å². The Balaban J connectivity index is 0.00000144. The van der Waals surface area contributed by atoms with E-state index in [1.807, 2.05) is 6.92 Å². The number of rotatable bonds is 1. The Labute approximate surface area is 125 Å². The van der Waals surface area contributed by atoms with Crippen LogP contribution >= 0.6 is 0 Å². The number of benzene rings is 1. The second kappa shape index (κ2) is 5.63. The summed E-state index contributed by atoms with van der Waals surface area (Å²) in [6.07, 6.45) is 0.708. The van der Waals surface area contributed by atoms with Gasteiger partial charge in [-0.05, 0) is 48.2 Å². The Bertz CT molecular complexity index is 478. The van der Waals surface area contributed by atoms with E-state index in [9.17, 15) is 13.6 Å². The minimum absolute atomic E-state index is 0. The number of nitrogens with zero attached hydrogens (tertiary/aromatic N) is 1. The van der Waals surface area contributed by atoms with Crippen molar-refractivity contribution in [2.24, 2.45) is 0 Å². The molecule has 86 valence electrons. The quantitative estimate of drug-likeness (QED) is 0.444. The average molecular weight is 261 g/mol. The third-order valence-corrected chi connectivity index (χ3v) is 3.44. The van der Waals surface area contributed by atoms with Gasteiger partial charge in [0, 0.05) is 23.5 Å². The number of fused-ring (bicyclic) bond motifs is 1. The number of carbonyl (C=O) groups is 1. The van der Waals surface area contributed by atoms with E-state index in [2.05, 4.69) is 0 Å². The van der Waals surface area contributed by atoms with Crippen LogP contribution in [0.5, 0.6) is 0 Å². The van der Waals surface area contributed by atoms with Gasteiger partial charge in [0.2, 0.25) is 5.91 Å². The van der Waals surface area contributed by atoms with Gasteiger partial charge in [0.1, 0.15) is 0 Å². The molecular weight excluding hydrogens is 249 g/mol. The van der Waals surface area contributed by atoms with Gasteiger partial charge in [-0.3, -0.25) is 9.00 Å². The summed E-state index contributed by atoms with van der Waals surface area (Å²) >= 11 is -2.21. The predicted octanol–water partition coefficient (Wildman–Crippen LogP) is -1.77. The summed E-state index contributed by atoms with van der Waals surface area (Å²) in [6.45, 7) is 3.47. The zero-order chi connectivity index (χ0) is 11.9. The minimum atomic E-state index is -2.21. The van der Waals surface area contributed by atoms with E-state index in [1.54, 1.807) is 17.0 Å². The molecule has 0 fully saturated rings. The standard InChI is InChI=1S/C11H13NO3S.Na/c1-7-5-9-6-10(16(14)15)3-4-11(9)12(7)8(2)13;/h3-4,6-7H,5H2,1-2H3,(H,14,15);/q;+1/p-1. The molecule has 2 unspecified atom stereocenters. The fourth-order valence-corrected chi connectivity index (χ4v) is 2.61. The summed E-state index contributed by atoms with van der Waals surface area (Å²) in [7, 11) is 0. The maximum atomic E-state index is 11.4. The molecule has 1 aromatic rings. The maximum absolute atomic E-state index is 11.4. The molecule has 1 aliphatic rings. The van der Waals surface area contributed by atoms with Crippen molar-refractivity contribution in [1.82, 2.24) is 0 Å². The van der Waals surface area contributed by atoms with Crippen molar-refractivity contribution >= 4 is 22.7 Å². The summed E-state index contributed by atoms with van der Waals surface area (Å²) in [5.41, 5.74) is 1.75. The van der Waals surface area contributed by atoms with Crippen LogP contribution in [0.15, 0.2) is 23.1 Å². The first-order chi connectivity index (χ1) is 7.50. The van der Waals surface area contributed by atoms with Crippen molar-refractivity contribution in [3.05, 3.63) is 23.8 Å². The van der Waals surface area contributed by atoms with Crippen LogP contribution in [0.4, 0.5) is 5.69 Å². The van der Waals surface area contributed by atoms with Crippen LogP contribution < -0.4 is 34.5 Å². The zero-order valence-corrected chi connectivity index (χ0v) is 12.9. The molecule has 2 atom stereocenters. The van der Waals surface area contributed by atoms with Crippen molar-refractivity contribution in [1.29, 1.82) is 0 Å². The molecule has 1 amide bonds. The van der Waals surface area contributed by atoms with E-state index in [0.717, 1.165) is 11.3 Å². The predicted molar refractivity (Wildman–Crippen MR) is 60.0 cm³/mol. The van der Waals surface area contributed by atoms with E-state index < -0.39 is 11.1 Å². The topological polar surface area (TPSA) is 60.4 Å². The van der Waals surface area contributed by atoms with Crippen LogP contribution in [0, 0.1) is 0 Å². The molecule has 0 aromatic heterocycles. The van der Waals surface area contributed by atoms with E-state index >= 15 is 0 Å². The van der Waals surface area contributed by atoms with Crippen molar-refractivity contribution < 1.29 is 43.1 Å². The first-order valence-corrected chi connectivity index (χ1v) is 6.10. The number of amides is 1. The first-order valence-electron chi connectivity index (χ1n) is 5.02. The molecule has 0 saturated carbocycles. The van der Waals surface area contributed by atoms with E-state index in [4.69, 9.17) is 0 Å². The Kier molecular flexibility index (Phi) is 4.92. The number of anilines is 1. The Morgan fingerprint density at radius 3 is 2.71 bits per heavy atom. The number of hydrogen-bond donors (Lipinski definition) is 0. The number of carbonyl (C=O) groups excluding carboxylic acids is 1. The van der Waals surface area contributed by atoms with Gasteiger partial charge < -0.3 is 9.45 Å². The molecule has 0 spiro atoms. The van der Waals surface area contributed by atoms with Crippen molar-refractivity contribution in [3.8, 4) is 0 Å². The van der Waals surface area contributed by atoms with E-state index in [1.165, 1.54) is 13.0 Å². The molecule has 2 rings (SSSR count). The molecule has 0 N–H and O–H groups in total. The zero-order valence-electron chi connectivity index (χ0n) is 10.1. The number of hydrogen-bond acceptors (Lipinski definition) is 3. The SMILES string of the molecule is CC(=O)N1c2ccc(S(=O)[O-])cc2CC1C.[Na+]. The largest absolute Gasteiger partial charge is 1.00 e. The van der Waals surface area contributed by atoms with Gasteiger partial charge in [0.15, 0.2) is 0 Å². The molecule has 1 heterocycles. The molecule has 0 aliphatic carbocycles. The Morgan fingerprint density at radius 1 is 1.53 bits per heavy atom. The van der Waals surface area contributed by atoms with Gasteiger partial charge in [-0.15, -0.1) is 0 Å². The van der Waals surface area contributed by atoms with Crippen molar-refractivity contribution in [3.63, 3.8) is 0 Å². The molecule has 0 saturated heterocycles. The van der Waals surface area contributed by atoms with Crippen molar-refractivity contribution in [2.75, 3.05) is 4.90 Å². The maximum Gasteiger partial charge on any atom is 1.00 e. The molecule has 1 aromatic carbocycles. The normalized spacial score (nSPS) is 19.5. The molecule has 1 aliphatic heterocycles. The summed E-state index contributed by atoms with van der Waals surface area (Å²) < 4.78 is 21.6. The molecule has 17 heavy (non-hydrogen) atoms. The summed E-state index contributed by atoms with van der Waals surface area (Å²) in [4.78, 5) is 13.4. The molecule has 0 bridgehead atoms. The molecule has 4 nitrogen and oxygen atoms in total. The van der Waals surface area contributed by atoms with Gasteiger partial charge in [0.05, 0.1) is 0 Å². The Hall–Kier alpha value is -0.200. The second-order valence-electron chi connectivity index (χ2n) is 3.97. The summed E-state index contributed by atoms with van der Waals surface area (Å²) in [5, 5.41) is 0. The van der Waals surface area contributed by atoms with Gasteiger partial charge in [-0.1, -0.05) is 0 Å². The van der Waals surface area contributed by atoms with Crippen LogP contribution in [0.25, 0.3) is 0 Å². The van der Waals surface area contributed by atoms with E-state index in [-0.39, 0.29) is 46.4 Å². The first kappa shape index (κ1) is 14.9. The van der Waals surface area contributed by atoms with Crippen molar-refractivity contribution in [2.45, 2.75) is 31.2 Å². The van der Waals surface area contributed by atoms with Crippen LogP contribution in [0.1, 0.15) is 19.4 Å². The molecular formula is C11H12NNaO3S. The Morgan fingerprint density at radius 2 is 2.18 bits per heavy atom. The van der Waals surface area contributed by atoms with Gasteiger partial charge in [-0.25, -0.2) is 0 Å². The molecule has 6 heteroatoms. The van der Waals surface area contributed by atoms with Crippen LogP contribution in [0.2, 0.25) is 0 Å². The fourth-order valence-electron chi connectivity index (χ4n) is 2.19. The van der Waals surface area contributed by atoms with Gasteiger partial charge in [0.25, 0.3) is 0 Å². The molecule has 0 radical (unpaired) electrons. The van der Waals surface area contributed by atoms with Crippen LogP contribution in [-0.2, 0) is 22.3 Å². The fraction of sp³-hybridized carbons (Fsp3) is 0.364. The van der Waals surface area contributed by atoms with Gasteiger partial charge in [-0.2, -0.15) is 0 Å². The third-order valence-electron chi connectivity index (χ3n) is 2.80.